The summed E-state index contributed by atoms with van der Waals surface area (Å²) < 4.78 is 5.15. The minimum Gasteiger partial charge on any atom is -0.497 e. The van der Waals surface area contributed by atoms with Crippen LogP contribution in [0.1, 0.15) is 12.1 Å². The molecule has 7 nitrogen and oxygen atoms in total. The summed E-state index contributed by atoms with van der Waals surface area (Å²) in [5.74, 6) is 0.170. The molecular weight excluding hydrogens is 388 g/mol. The lowest BCUT2D eigenvalue weighted by atomic mass is 10.1. The Bertz CT molecular complexity index is 1000. The van der Waals surface area contributed by atoms with Gasteiger partial charge in [0.1, 0.15) is 10.8 Å². The van der Waals surface area contributed by atoms with Crippen LogP contribution >= 0.6 is 11.3 Å². The normalized spacial score (nSPS) is 16.1. The Kier molecular flexibility index (Phi) is 5.53. The van der Waals surface area contributed by atoms with Crippen LogP contribution in [0.3, 0.4) is 0 Å². The van der Waals surface area contributed by atoms with E-state index in [-0.39, 0.29) is 24.2 Å². The predicted octanol–water partition coefficient (Wildman–Crippen LogP) is 2.88. The maximum Gasteiger partial charge on any atom is 0.227 e. The first-order chi connectivity index (χ1) is 14.1. The lowest BCUT2D eigenvalue weighted by molar-refractivity contribution is -0.126. The highest BCUT2D eigenvalue weighted by Crippen LogP contribution is 2.27. The van der Waals surface area contributed by atoms with Gasteiger partial charge in [-0.15, -0.1) is 11.3 Å². The summed E-state index contributed by atoms with van der Waals surface area (Å²) in [7, 11) is 1.60. The molecule has 1 aliphatic heterocycles. The van der Waals surface area contributed by atoms with Crippen molar-refractivity contribution in [1.82, 2.24) is 15.3 Å². The fourth-order valence-electron chi connectivity index (χ4n) is 3.23. The van der Waals surface area contributed by atoms with E-state index < -0.39 is 0 Å². The summed E-state index contributed by atoms with van der Waals surface area (Å²) in [6.07, 6.45) is 3.66. The SMILES string of the molecule is COc1ccc(N2CC(C(=O)NCc3csc(-c4ccncc4)n3)CC2=O)cc1. The number of carbonyl (C=O) groups excluding carboxylic acids is 2. The van der Waals surface area contributed by atoms with Gasteiger partial charge in [0.05, 0.1) is 25.3 Å². The second-order valence-electron chi connectivity index (χ2n) is 6.70. The second-order valence-corrected chi connectivity index (χ2v) is 7.56. The van der Waals surface area contributed by atoms with Gasteiger partial charge in [-0.2, -0.15) is 0 Å². The number of aromatic nitrogens is 2. The van der Waals surface area contributed by atoms with E-state index in [1.165, 1.54) is 11.3 Å². The van der Waals surface area contributed by atoms with Crippen LogP contribution in [0.25, 0.3) is 10.6 Å². The van der Waals surface area contributed by atoms with Crippen LogP contribution in [0.2, 0.25) is 0 Å². The molecule has 4 rings (SSSR count). The molecule has 2 aromatic heterocycles. The molecule has 1 aromatic carbocycles. The van der Waals surface area contributed by atoms with Crippen molar-refractivity contribution in [3.63, 3.8) is 0 Å². The van der Waals surface area contributed by atoms with Crippen LogP contribution in [0.4, 0.5) is 5.69 Å². The number of ether oxygens (including phenoxy) is 1. The quantitative estimate of drug-likeness (QED) is 0.678. The molecule has 0 bridgehead atoms. The zero-order chi connectivity index (χ0) is 20.2. The molecule has 3 heterocycles. The summed E-state index contributed by atoms with van der Waals surface area (Å²) in [5.41, 5.74) is 2.57. The summed E-state index contributed by atoms with van der Waals surface area (Å²) in [6.45, 7) is 0.712. The molecule has 0 saturated carbocycles. The van der Waals surface area contributed by atoms with E-state index in [0.29, 0.717) is 13.1 Å². The van der Waals surface area contributed by atoms with Crippen molar-refractivity contribution in [3.05, 3.63) is 59.9 Å². The molecule has 1 atom stereocenters. The minimum absolute atomic E-state index is 0.0519. The summed E-state index contributed by atoms with van der Waals surface area (Å²) in [5, 5.41) is 5.73. The van der Waals surface area contributed by atoms with Gasteiger partial charge in [-0.05, 0) is 36.4 Å². The van der Waals surface area contributed by atoms with Crippen LogP contribution in [-0.4, -0.2) is 35.4 Å². The first-order valence-electron chi connectivity index (χ1n) is 9.21. The van der Waals surface area contributed by atoms with Crippen LogP contribution < -0.4 is 15.0 Å². The first kappa shape index (κ1) is 19.1. The molecule has 1 aliphatic rings. The number of anilines is 1. The van der Waals surface area contributed by atoms with Crippen LogP contribution in [-0.2, 0) is 16.1 Å². The van der Waals surface area contributed by atoms with Crippen molar-refractivity contribution < 1.29 is 14.3 Å². The van der Waals surface area contributed by atoms with Gasteiger partial charge in [-0.1, -0.05) is 0 Å². The summed E-state index contributed by atoms with van der Waals surface area (Å²) in [4.78, 5) is 35.2. The van der Waals surface area contributed by atoms with E-state index >= 15 is 0 Å². The molecule has 0 spiro atoms. The average Bonchev–Trinajstić information content (AvgIpc) is 3.40. The van der Waals surface area contributed by atoms with Gasteiger partial charge in [-0.3, -0.25) is 14.6 Å². The monoisotopic (exact) mass is 408 g/mol. The van der Waals surface area contributed by atoms with Crippen molar-refractivity contribution in [1.29, 1.82) is 0 Å². The van der Waals surface area contributed by atoms with Gasteiger partial charge in [0.25, 0.3) is 0 Å². The van der Waals surface area contributed by atoms with Gasteiger partial charge >= 0.3 is 0 Å². The van der Waals surface area contributed by atoms with Crippen molar-refractivity contribution in [2.24, 2.45) is 5.92 Å². The number of hydrogen-bond acceptors (Lipinski definition) is 6. The van der Waals surface area contributed by atoms with Gasteiger partial charge in [0, 0.05) is 42.0 Å². The number of methoxy groups -OCH3 is 1. The molecule has 1 unspecified atom stereocenters. The fourth-order valence-corrected chi connectivity index (χ4v) is 4.06. The number of carbonyl (C=O) groups is 2. The van der Waals surface area contributed by atoms with Crippen molar-refractivity contribution >= 4 is 28.8 Å². The third-order valence-corrected chi connectivity index (χ3v) is 5.74. The average molecular weight is 408 g/mol. The van der Waals surface area contributed by atoms with Crippen molar-refractivity contribution in [3.8, 4) is 16.3 Å². The van der Waals surface area contributed by atoms with Crippen molar-refractivity contribution in [2.45, 2.75) is 13.0 Å². The molecule has 3 aromatic rings. The molecule has 29 heavy (non-hydrogen) atoms. The minimum atomic E-state index is -0.372. The first-order valence-corrected chi connectivity index (χ1v) is 10.1. The number of amides is 2. The third-order valence-electron chi connectivity index (χ3n) is 4.80. The smallest absolute Gasteiger partial charge is 0.227 e. The van der Waals surface area contributed by atoms with Crippen molar-refractivity contribution in [2.75, 3.05) is 18.6 Å². The number of nitrogens with one attached hydrogen (secondary N) is 1. The van der Waals surface area contributed by atoms with E-state index in [1.807, 2.05) is 29.6 Å². The Hall–Kier alpha value is -3.26. The van der Waals surface area contributed by atoms with Gasteiger partial charge in [0.2, 0.25) is 11.8 Å². The number of nitrogens with zero attached hydrogens (tertiary/aromatic N) is 3. The van der Waals surface area contributed by atoms with E-state index in [0.717, 1.165) is 27.7 Å². The molecule has 2 amide bonds. The standard InChI is InChI=1S/C21H20N4O3S/c1-28-18-4-2-17(3-5-18)25-12-15(10-19(25)26)20(27)23-11-16-13-29-21(24-16)14-6-8-22-9-7-14/h2-9,13,15H,10-12H2,1H3,(H,23,27). The number of benzene rings is 1. The van der Waals surface area contributed by atoms with E-state index in [9.17, 15) is 9.59 Å². The molecule has 0 aliphatic carbocycles. The zero-order valence-corrected chi connectivity index (χ0v) is 16.7. The molecule has 0 radical (unpaired) electrons. The zero-order valence-electron chi connectivity index (χ0n) is 15.9. The van der Waals surface area contributed by atoms with E-state index in [1.54, 1.807) is 36.5 Å². The predicted molar refractivity (Wildman–Crippen MR) is 111 cm³/mol. The van der Waals surface area contributed by atoms with Crippen LogP contribution in [0.15, 0.2) is 54.2 Å². The lowest BCUT2D eigenvalue weighted by Crippen LogP contribution is -2.32. The number of hydrogen-bond donors (Lipinski definition) is 1. The molecule has 148 valence electrons. The van der Waals surface area contributed by atoms with Crippen LogP contribution in [0, 0.1) is 5.92 Å². The Balaban J connectivity index is 1.34. The van der Waals surface area contributed by atoms with Gasteiger partial charge < -0.3 is 15.0 Å². The number of pyridine rings is 1. The molecule has 1 fully saturated rings. The Labute approximate surface area is 172 Å². The molecular formula is C21H20N4O3S. The van der Waals surface area contributed by atoms with Gasteiger partial charge in [0.15, 0.2) is 0 Å². The maximum absolute atomic E-state index is 12.6. The Morgan fingerprint density at radius 1 is 1.24 bits per heavy atom. The second kappa shape index (κ2) is 8.40. The third kappa shape index (κ3) is 4.27. The number of rotatable bonds is 6. The maximum atomic E-state index is 12.6. The van der Waals surface area contributed by atoms with Crippen LogP contribution in [0.5, 0.6) is 5.75 Å². The highest BCUT2D eigenvalue weighted by Gasteiger charge is 2.35. The van der Waals surface area contributed by atoms with E-state index in [2.05, 4.69) is 15.3 Å². The molecule has 8 heteroatoms. The number of thiazole rings is 1. The molecule has 1 saturated heterocycles. The largest absolute Gasteiger partial charge is 0.497 e. The highest BCUT2D eigenvalue weighted by atomic mass is 32.1. The fraction of sp³-hybridized carbons (Fsp3) is 0.238. The molecule has 1 N–H and O–H groups in total. The summed E-state index contributed by atoms with van der Waals surface area (Å²) >= 11 is 1.52. The van der Waals surface area contributed by atoms with Gasteiger partial charge in [-0.25, -0.2) is 4.98 Å². The summed E-state index contributed by atoms with van der Waals surface area (Å²) in [6, 6.07) is 11.1. The van der Waals surface area contributed by atoms with E-state index in [4.69, 9.17) is 4.74 Å². The Morgan fingerprint density at radius 2 is 2.00 bits per heavy atom. The highest BCUT2D eigenvalue weighted by molar-refractivity contribution is 7.13. The Morgan fingerprint density at radius 3 is 2.72 bits per heavy atom. The topological polar surface area (TPSA) is 84.4 Å². The lowest BCUT2D eigenvalue weighted by Gasteiger charge is -2.17.